The van der Waals surface area contributed by atoms with Gasteiger partial charge in [-0.3, -0.25) is 0 Å². The minimum absolute atomic E-state index is 0.243. The zero-order chi connectivity index (χ0) is 13.8. The van der Waals surface area contributed by atoms with E-state index < -0.39 is 0 Å². The summed E-state index contributed by atoms with van der Waals surface area (Å²) in [5, 5.41) is 6.67. The van der Waals surface area contributed by atoms with Crippen LogP contribution in [0.4, 0.5) is 5.95 Å². The van der Waals surface area contributed by atoms with Gasteiger partial charge in [0.05, 0.1) is 11.7 Å². The molecule has 2 aromatic heterocycles. The molecule has 0 aliphatic heterocycles. The van der Waals surface area contributed by atoms with Crippen LogP contribution in [0, 0.1) is 12.8 Å². The highest BCUT2D eigenvalue weighted by molar-refractivity contribution is 7.09. The average molecular weight is 278 g/mol. The standard InChI is InChI=1S/C14H22N4S/c1-5-12(13-15-6-7-19-13)17-14-16-11(4)9-18(14)8-10(2)3/h6-7,9-10,12H,5,8H2,1-4H3,(H,16,17). The molecule has 0 amide bonds. The van der Waals surface area contributed by atoms with E-state index in [1.807, 2.05) is 18.5 Å². The first-order valence-electron chi connectivity index (χ1n) is 6.79. The summed E-state index contributed by atoms with van der Waals surface area (Å²) >= 11 is 1.69. The first-order chi connectivity index (χ1) is 9.10. The van der Waals surface area contributed by atoms with Crippen LogP contribution in [0.5, 0.6) is 0 Å². The summed E-state index contributed by atoms with van der Waals surface area (Å²) in [6.07, 6.45) is 4.97. The molecule has 2 rings (SSSR count). The van der Waals surface area contributed by atoms with Crippen LogP contribution >= 0.6 is 11.3 Å². The van der Waals surface area contributed by atoms with Gasteiger partial charge in [-0.2, -0.15) is 0 Å². The van der Waals surface area contributed by atoms with Crippen molar-refractivity contribution in [1.82, 2.24) is 14.5 Å². The summed E-state index contributed by atoms with van der Waals surface area (Å²) in [6.45, 7) is 9.62. The second kappa shape index (κ2) is 6.19. The van der Waals surface area contributed by atoms with E-state index in [1.165, 1.54) is 0 Å². The summed E-state index contributed by atoms with van der Waals surface area (Å²) in [5.74, 6) is 1.56. The predicted molar refractivity (Wildman–Crippen MR) is 80.6 cm³/mol. The lowest BCUT2D eigenvalue weighted by molar-refractivity contribution is 0.523. The van der Waals surface area contributed by atoms with E-state index in [1.54, 1.807) is 11.3 Å². The van der Waals surface area contributed by atoms with Crippen molar-refractivity contribution in [1.29, 1.82) is 0 Å². The van der Waals surface area contributed by atoms with Crippen LogP contribution in [0.3, 0.4) is 0 Å². The number of aromatic nitrogens is 3. The highest BCUT2D eigenvalue weighted by Gasteiger charge is 2.15. The number of imidazole rings is 1. The van der Waals surface area contributed by atoms with Crippen LogP contribution in [0.1, 0.15) is 43.9 Å². The fraction of sp³-hybridized carbons (Fsp3) is 0.571. The number of hydrogen-bond donors (Lipinski definition) is 1. The Labute approximate surface area is 118 Å². The molecule has 0 fully saturated rings. The van der Waals surface area contributed by atoms with Crippen LogP contribution < -0.4 is 5.32 Å². The molecule has 2 heterocycles. The van der Waals surface area contributed by atoms with Crippen molar-refractivity contribution in [2.45, 2.75) is 46.7 Å². The topological polar surface area (TPSA) is 42.7 Å². The third-order valence-electron chi connectivity index (χ3n) is 2.92. The predicted octanol–water partition coefficient (Wildman–Crippen LogP) is 3.87. The monoisotopic (exact) mass is 278 g/mol. The number of anilines is 1. The normalized spacial score (nSPS) is 12.9. The van der Waals surface area contributed by atoms with Gasteiger partial charge in [-0.05, 0) is 19.3 Å². The van der Waals surface area contributed by atoms with Crippen molar-refractivity contribution in [3.63, 3.8) is 0 Å². The molecule has 0 aliphatic rings. The van der Waals surface area contributed by atoms with Gasteiger partial charge in [0.25, 0.3) is 0 Å². The molecule has 19 heavy (non-hydrogen) atoms. The Morgan fingerprint density at radius 1 is 1.42 bits per heavy atom. The van der Waals surface area contributed by atoms with Gasteiger partial charge >= 0.3 is 0 Å². The molecular weight excluding hydrogens is 256 g/mol. The number of aryl methyl sites for hydroxylation is 1. The minimum atomic E-state index is 0.243. The Bertz CT molecular complexity index is 502. The first kappa shape index (κ1) is 14.1. The molecule has 1 unspecified atom stereocenters. The molecule has 0 aliphatic carbocycles. The Kier molecular flexibility index (Phi) is 4.58. The van der Waals surface area contributed by atoms with Gasteiger partial charge in [0.15, 0.2) is 0 Å². The molecule has 5 heteroatoms. The summed E-state index contributed by atoms with van der Waals surface area (Å²) in [5.41, 5.74) is 1.05. The van der Waals surface area contributed by atoms with Gasteiger partial charge in [0, 0.05) is 24.3 Å². The molecule has 0 saturated heterocycles. The Morgan fingerprint density at radius 2 is 2.21 bits per heavy atom. The van der Waals surface area contributed by atoms with Gasteiger partial charge in [-0.15, -0.1) is 11.3 Å². The van der Waals surface area contributed by atoms with Crippen LogP contribution in [-0.4, -0.2) is 14.5 Å². The maximum Gasteiger partial charge on any atom is 0.203 e. The van der Waals surface area contributed by atoms with Crippen molar-refractivity contribution >= 4 is 17.3 Å². The number of rotatable bonds is 6. The van der Waals surface area contributed by atoms with Crippen LogP contribution in [0.2, 0.25) is 0 Å². The fourth-order valence-corrected chi connectivity index (χ4v) is 2.87. The fourth-order valence-electron chi connectivity index (χ4n) is 2.10. The van der Waals surface area contributed by atoms with Crippen molar-refractivity contribution in [2.75, 3.05) is 5.32 Å². The number of hydrogen-bond acceptors (Lipinski definition) is 4. The van der Waals surface area contributed by atoms with Crippen molar-refractivity contribution < 1.29 is 0 Å². The maximum atomic E-state index is 4.59. The van der Waals surface area contributed by atoms with Gasteiger partial charge < -0.3 is 9.88 Å². The smallest absolute Gasteiger partial charge is 0.203 e. The molecule has 0 saturated carbocycles. The van der Waals surface area contributed by atoms with E-state index in [9.17, 15) is 0 Å². The number of nitrogens with one attached hydrogen (secondary N) is 1. The average Bonchev–Trinajstić information content (AvgIpc) is 2.95. The van der Waals surface area contributed by atoms with Gasteiger partial charge in [0.1, 0.15) is 5.01 Å². The molecule has 0 radical (unpaired) electrons. The lowest BCUT2D eigenvalue weighted by Gasteiger charge is -2.17. The highest BCUT2D eigenvalue weighted by atomic mass is 32.1. The van der Waals surface area contributed by atoms with Gasteiger partial charge in [-0.25, -0.2) is 9.97 Å². The lowest BCUT2D eigenvalue weighted by atomic mass is 10.2. The molecular formula is C14H22N4S. The molecule has 2 aromatic rings. The van der Waals surface area contributed by atoms with E-state index in [0.29, 0.717) is 5.92 Å². The molecule has 1 atom stereocenters. The third-order valence-corrected chi connectivity index (χ3v) is 3.81. The Hall–Kier alpha value is -1.36. The van der Waals surface area contributed by atoms with E-state index in [4.69, 9.17) is 0 Å². The molecule has 0 aromatic carbocycles. The maximum absolute atomic E-state index is 4.59. The van der Waals surface area contributed by atoms with Gasteiger partial charge in [-0.1, -0.05) is 20.8 Å². The molecule has 0 spiro atoms. The van der Waals surface area contributed by atoms with E-state index in [0.717, 1.165) is 29.6 Å². The second-order valence-electron chi connectivity index (χ2n) is 5.23. The van der Waals surface area contributed by atoms with Crippen LogP contribution in [-0.2, 0) is 6.54 Å². The molecule has 1 N–H and O–H groups in total. The first-order valence-corrected chi connectivity index (χ1v) is 7.67. The SMILES string of the molecule is CCC(Nc1nc(C)cn1CC(C)C)c1nccs1. The molecule has 104 valence electrons. The largest absolute Gasteiger partial charge is 0.346 e. The number of nitrogens with zero attached hydrogens (tertiary/aromatic N) is 3. The van der Waals surface area contributed by atoms with Crippen LogP contribution in [0.15, 0.2) is 17.8 Å². The minimum Gasteiger partial charge on any atom is -0.346 e. The lowest BCUT2D eigenvalue weighted by Crippen LogP contribution is -2.15. The zero-order valence-electron chi connectivity index (χ0n) is 12.1. The second-order valence-corrected chi connectivity index (χ2v) is 6.15. The quantitative estimate of drug-likeness (QED) is 0.872. The van der Waals surface area contributed by atoms with E-state index >= 15 is 0 Å². The third kappa shape index (κ3) is 3.56. The van der Waals surface area contributed by atoms with Gasteiger partial charge in [0.2, 0.25) is 5.95 Å². The summed E-state index contributed by atoms with van der Waals surface area (Å²) < 4.78 is 2.20. The Morgan fingerprint density at radius 3 is 2.79 bits per heavy atom. The highest BCUT2D eigenvalue weighted by Crippen LogP contribution is 2.24. The van der Waals surface area contributed by atoms with Crippen LogP contribution in [0.25, 0.3) is 0 Å². The van der Waals surface area contributed by atoms with Crippen molar-refractivity contribution in [2.24, 2.45) is 5.92 Å². The summed E-state index contributed by atoms with van der Waals surface area (Å²) in [4.78, 5) is 8.99. The molecule has 4 nitrogen and oxygen atoms in total. The van der Waals surface area contributed by atoms with Crippen molar-refractivity contribution in [3.05, 3.63) is 28.5 Å². The zero-order valence-corrected chi connectivity index (χ0v) is 12.9. The number of thiazole rings is 1. The molecule has 0 bridgehead atoms. The Balaban J connectivity index is 2.17. The summed E-state index contributed by atoms with van der Waals surface area (Å²) in [7, 11) is 0. The van der Waals surface area contributed by atoms with Crippen molar-refractivity contribution in [3.8, 4) is 0 Å². The summed E-state index contributed by atoms with van der Waals surface area (Å²) in [6, 6.07) is 0.243. The van der Waals surface area contributed by atoms with E-state index in [-0.39, 0.29) is 6.04 Å². The van der Waals surface area contributed by atoms with E-state index in [2.05, 4.69) is 46.8 Å².